The molecule has 20 heavy (non-hydrogen) atoms. The fourth-order valence-electron chi connectivity index (χ4n) is 2.05. The first kappa shape index (κ1) is 15.4. The van der Waals surface area contributed by atoms with Crippen molar-refractivity contribution >= 4 is 31.9 Å². The van der Waals surface area contributed by atoms with Gasteiger partial charge in [0.25, 0.3) is 0 Å². The SMILES string of the molecule is O=C(O)[C@@H]1C[C@H](O)CN1S(=O)(=O)c1ccc(Br)c(F)c1. The Hall–Kier alpha value is -1.03. The fraction of sp³-hybridized carbons (Fsp3) is 0.364. The van der Waals surface area contributed by atoms with Crippen LogP contribution in [0.1, 0.15) is 6.42 Å². The number of aliphatic hydroxyl groups is 1. The van der Waals surface area contributed by atoms with Crippen molar-refractivity contribution in [1.82, 2.24) is 4.31 Å². The van der Waals surface area contributed by atoms with E-state index < -0.39 is 34.0 Å². The van der Waals surface area contributed by atoms with Crippen LogP contribution in [0.5, 0.6) is 0 Å². The van der Waals surface area contributed by atoms with Gasteiger partial charge < -0.3 is 10.2 Å². The summed E-state index contributed by atoms with van der Waals surface area (Å²) in [6.07, 6.45) is -1.24. The summed E-state index contributed by atoms with van der Waals surface area (Å²) < 4.78 is 38.9. The summed E-state index contributed by atoms with van der Waals surface area (Å²) in [5, 5.41) is 18.5. The highest BCUT2D eigenvalue weighted by Gasteiger charge is 2.43. The summed E-state index contributed by atoms with van der Waals surface area (Å²) in [4.78, 5) is 10.7. The van der Waals surface area contributed by atoms with Crippen LogP contribution in [0.3, 0.4) is 0 Å². The Labute approximate surface area is 123 Å². The number of hydrogen-bond donors (Lipinski definition) is 2. The fourth-order valence-corrected chi connectivity index (χ4v) is 3.94. The second-order valence-electron chi connectivity index (χ2n) is 4.39. The van der Waals surface area contributed by atoms with Crippen LogP contribution in [0.25, 0.3) is 0 Å². The van der Waals surface area contributed by atoms with Gasteiger partial charge in [-0.1, -0.05) is 0 Å². The number of rotatable bonds is 3. The minimum Gasteiger partial charge on any atom is -0.480 e. The average molecular weight is 368 g/mol. The molecular formula is C11H11BrFNO5S. The highest BCUT2D eigenvalue weighted by molar-refractivity contribution is 9.10. The lowest BCUT2D eigenvalue weighted by molar-refractivity contribution is -0.140. The molecule has 1 aliphatic heterocycles. The van der Waals surface area contributed by atoms with Crippen LogP contribution < -0.4 is 0 Å². The largest absolute Gasteiger partial charge is 0.480 e. The third-order valence-corrected chi connectivity index (χ3v) is 5.53. The van der Waals surface area contributed by atoms with Crippen LogP contribution in [0.15, 0.2) is 27.6 Å². The Balaban J connectivity index is 2.43. The number of aliphatic hydroxyl groups excluding tert-OH is 1. The number of carboxylic acid groups (broad SMARTS) is 1. The quantitative estimate of drug-likeness (QED) is 0.823. The minimum absolute atomic E-state index is 0.104. The maximum absolute atomic E-state index is 13.4. The lowest BCUT2D eigenvalue weighted by atomic mass is 10.2. The van der Waals surface area contributed by atoms with Gasteiger partial charge in [0.15, 0.2) is 0 Å². The van der Waals surface area contributed by atoms with Crippen molar-refractivity contribution in [2.75, 3.05) is 6.54 Å². The maximum Gasteiger partial charge on any atom is 0.322 e. The number of aliphatic carboxylic acids is 1. The van der Waals surface area contributed by atoms with Gasteiger partial charge in [-0.25, -0.2) is 12.8 Å². The van der Waals surface area contributed by atoms with E-state index in [4.69, 9.17) is 5.11 Å². The van der Waals surface area contributed by atoms with Gasteiger partial charge in [-0.3, -0.25) is 4.79 Å². The molecule has 1 fully saturated rings. The second-order valence-corrected chi connectivity index (χ2v) is 7.14. The van der Waals surface area contributed by atoms with Crippen molar-refractivity contribution in [1.29, 1.82) is 0 Å². The predicted molar refractivity (Wildman–Crippen MR) is 70.0 cm³/mol. The number of β-amino-alcohol motifs (C(OH)–C–C–N with tert-alkyl or cyclic N) is 1. The van der Waals surface area contributed by atoms with Crippen molar-refractivity contribution in [2.24, 2.45) is 0 Å². The number of carboxylic acids is 1. The van der Waals surface area contributed by atoms with Crippen molar-refractivity contribution in [3.8, 4) is 0 Å². The van der Waals surface area contributed by atoms with E-state index in [0.29, 0.717) is 4.31 Å². The summed E-state index contributed by atoms with van der Waals surface area (Å²) in [7, 11) is -4.17. The molecule has 0 amide bonds. The molecule has 0 saturated carbocycles. The van der Waals surface area contributed by atoms with Crippen LogP contribution in [0.4, 0.5) is 4.39 Å². The van der Waals surface area contributed by atoms with Gasteiger partial charge >= 0.3 is 5.97 Å². The zero-order valence-corrected chi connectivity index (χ0v) is 12.4. The normalized spacial score (nSPS) is 23.9. The van der Waals surface area contributed by atoms with Crippen LogP contribution in [-0.4, -0.2) is 47.6 Å². The molecule has 1 aliphatic rings. The van der Waals surface area contributed by atoms with E-state index in [1.165, 1.54) is 12.1 Å². The molecule has 0 bridgehead atoms. The van der Waals surface area contributed by atoms with Gasteiger partial charge in [-0.05, 0) is 34.1 Å². The van der Waals surface area contributed by atoms with E-state index in [1.54, 1.807) is 0 Å². The molecule has 2 atom stereocenters. The summed E-state index contributed by atoms with van der Waals surface area (Å²) in [6.45, 7) is -0.322. The molecule has 0 unspecified atom stereocenters. The molecule has 110 valence electrons. The molecule has 0 radical (unpaired) electrons. The van der Waals surface area contributed by atoms with E-state index in [2.05, 4.69) is 15.9 Å². The zero-order valence-electron chi connectivity index (χ0n) is 10.0. The molecule has 1 heterocycles. The molecule has 9 heteroatoms. The third-order valence-electron chi connectivity index (χ3n) is 3.02. The predicted octanol–water partition coefficient (Wildman–Crippen LogP) is 0.797. The standard InChI is InChI=1S/C11H11BrFNO5S/c12-8-2-1-7(4-9(8)13)20(18,19)14-5-6(15)3-10(14)11(16)17/h1-2,4,6,10,15H,3,5H2,(H,16,17)/t6-,10-/m0/s1. The van der Waals surface area contributed by atoms with Crippen molar-refractivity contribution in [3.63, 3.8) is 0 Å². The Morgan fingerprint density at radius 1 is 1.45 bits per heavy atom. The van der Waals surface area contributed by atoms with Gasteiger partial charge in [-0.2, -0.15) is 4.31 Å². The Morgan fingerprint density at radius 2 is 2.10 bits per heavy atom. The van der Waals surface area contributed by atoms with E-state index >= 15 is 0 Å². The number of hydrogen-bond acceptors (Lipinski definition) is 4. The molecule has 2 N–H and O–H groups in total. The zero-order chi connectivity index (χ0) is 15.1. The average Bonchev–Trinajstić information content (AvgIpc) is 2.75. The van der Waals surface area contributed by atoms with Crippen LogP contribution >= 0.6 is 15.9 Å². The lowest BCUT2D eigenvalue weighted by Gasteiger charge is -2.20. The second kappa shape index (κ2) is 5.40. The summed E-state index contributed by atoms with van der Waals surface area (Å²) in [5.41, 5.74) is 0. The molecule has 0 aliphatic carbocycles. The van der Waals surface area contributed by atoms with Crippen molar-refractivity contribution < 1.29 is 27.8 Å². The first-order valence-electron chi connectivity index (χ1n) is 5.61. The molecular weight excluding hydrogens is 357 g/mol. The first-order valence-corrected chi connectivity index (χ1v) is 7.84. The minimum atomic E-state index is -4.17. The van der Waals surface area contributed by atoms with E-state index in [1.807, 2.05) is 0 Å². The van der Waals surface area contributed by atoms with E-state index in [0.717, 1.165) is 6.07 Å². The van der Waals surface area contributed by atoms with Crippen LogP contribution in [-0.2, 0) is 14.8 Å². The van der Waals surface area contributed by atoms with Gasteiger partial charge in [0, 0.05) is 13.0 Å². The topological polar surface area (TPSA) is 94.9 Å². The van der Waals surface area contributed by atoms with Crippen molar-refractivity contribution in [3.05, 3.63) is 28.5 Å². The number of nitrogens with zero attached hydrogens (tertiary/aromatic N) is 1. The van der Waals surface area contributed by atoms with Gasteiger partial charge in [0.1, 0.15) is 11.9 Å². The first-order chi connectivity index (χ1) is 9.23. The molecule has 1 aromatic carbocycles. The van der Waals surface area contributed by atoms with Gasteiger partial charge in [0.2, 0.25) is 10.0 Å². The van der Waals surface area contributed by atoms with Gasteiger partial charge in [-0.15, -0.1) is 0 Å². The molecule has 1 aromatic rings. The maximum atomic E-state index is 13.4. The van der Waals surface area contributed by atoms with Gasteiger partial charge in [0.05, 0.1) is 15.5 Å². The highest BCUT2D eigenvalue weighted by Crippen LogP contribution is 2.28. The van der Waals surface area contributed by atoms with Crippen molar-refractivity contribution in [2.45, 2.75) is 23.5 Å². The third kappa shape index (κ3) is 2.71. The summed E-state index contributed by atoms with van der Waals surface area (Å²) in [6, 6.07) is 1.86. The lowest BCUT2D eigenvalue weighted by Crippen LogP contribution is -2.40. The Morgan fingerprint density at radius 3 is 2.65 bits per heavy atom. The van der Waals surface area contributed by atoms with E-state index in [9.17, 15) is 22.7 Å². The molecule has 6 nitrogen and oxygen atoms in total. The Kier molecular flexibility index (Phi) is 4.14. The summed E-state index contributed by atoms with van der Waals surface area (Å²) in [5.74, 6) is -2.11. The van der Waals surface area contributed by atoms with E-state index in [-0.39, 0.29) is 22.3 Å². The molecule has 1 saturated heterocycles. The number of benzene rings is 1. The molecule has 0 aromatic heterocycles. The smallest absolute Gasteiger partial charge is 0.322 e. The van der Waals surface area contributed by atoms with Crippen LogP contribution in [0.2, 0.25) is 0 Å². The summed E-state index contributed by atoms with van der Waals surface area (Å²) >= 11 is 2.91. The van der Waals surface area contributed by atoms with Crippen LogP contribution in [0, 0.1) is 5.82 Å². The monoisotopic (exact) mass is 367 g/mol. The molecule has 2 rings (SSSR count). The number of sulfonamides is 1. The highest BCUT2D eigenvalue weighted by atomic mass is 79.9. The number of carbonyl (C=O) groups is 1. The Bertz CT molecular complexity index is 650. The number of halogens is 2. The molecule has 0 spiro atoms.